The van der Waals surface area contributed by atoms with Crippen molar-refractivity contribution >= 4 is 15.9 Å². The lowest BCUT2D eigenvalue weighted by molar-refractivity contribution is 0.00503. The van der Waals surface area contributed by atoms with Crippen molar-refractivity contribution in [3.05, 3.63) is 17.7 Å². The van der Waals surface area contributed by atoms with Gasteiger partial charge in [-0.05, 0) is 31.5 Å². The van der Waals surface area contributed by atoms with Crippen LogP contribution in [0.5, 0.6) is 17.2 Å². The summed E-state index contributed by atoms with van der Waals surface area (Å²) in [6, 6.07) is 3.88. The van der Waals surface area contributed by atoms with E-state index in [1.807, 2.05) is 26.0 Å². The molecular weight excluding hydrogens is 324 g/mol. The number of halogens is 1. The summed E-state index contributed by atoms with van der Waals surface area (Å²) in [4.78, 5) is 0. The first kappa shape index (κ1) is 17.1. The Morgan fingerprint density at radius 1 is 1.05 bits per heavy atom. The van der Waals surface area contributed by atoms with Crippen molar-refractivity contribution in [1.82, 2.24) is 0 Å². The monoisotopic (exact) mass is 346 g/mol. The van der Waals surface area contributed by atoms with Crippen LogP contribution in [-0.4, -0.2) is 33.5 Å². The lowest BCUT2D eigenvalue weighted by Crippen LogP contribution is -2.25. The Bertz CT molecular complexity index is 407. The fraction of sp³-hybridized carbons (Fsp3) is 0.600. The van der Waals surface area contributed by atoms with Crippen LogP contribution in [0, 0.1) is 0 Å². The molecular formula is C15H23BrO4. The van der Waals surface area contributed by atoms with Crippen molar-refractivity contribution in [3.63, 3.8) is 0 Å². The summed E-state index contributed by atoms with van der Waals surface area (Å²) < 4.78 is 22.0. The maximum atomic E-state index is 5.84. The molecule has 0 saturated heterocycles. The van der Waals surface area contributed by atoms with Gasteiger partial charge in [0.1, 0.15) is 0 Å². The molecule has 0 amide bonds. The molecule has 0 heterocycles. The van der Waals surface area contributed by atoms with Crippen LogP contribution in [0.1, 0.15) is 25.8 Å². The minimum Gasteiger partial charge on any atom is -0.493 e. The second kappa shape index (κ2) is 7.74. The highest BCUT2D eigenvalue weighted by atomic mass is 79.9. The van der Waals surface area contributed by atoms with E-state index >= 15 is 0 Å². The average molecular weight is 347 g/mol. The van der Waals surface area contributed by atoms with Crippen molar-refractivity contribution in [1.29, 1.82) is 0 Å². The molecule has 0 atom stereocenters. The molecule has 0 aliphatic heterocycles. The number of hydrogen-bond donors (Lipinski definition) is 0. The zero-order valence-electron chi connectivity index (χ0n) is 12.8. The lowest BCUT2D eigenvalue weighted by Gasteiger charge is -2.23. The van der Waals surface area contributed by atoms with Gasteiger partial charge in [-0.15, -0.1) is 0 Å². The molecule has 0 N–H and O–H groups in total. The molecule has 0 saturated carbocycles. The minimum atomic E-state index is -0.212. The number of alkyl halides is 1. The van der Waals surface area contributed by atoms with Gasteiger partial charge < -0.3 is 18.9 Å². The smallest absolute Gasteiger partial charge is 0.203 e. The summed E-state index contributed by atoms with van der Waals surface area (Å²) >= 11 is 3.43. The molecule has 20 heavy (non-hydrogen) atoms. The summed E-state index contributed by atoms with van der Waals surface area (Å²) in [6.45, 7) is 4.58. The van der Waals surface area contributed by atoms with Crippen LogP contribution in [0.2, 0.25) is 0 Å². The van der Waals surface area contributed by atoms with Gasteiger partial charge >= 0.3 is 0 Å². The number of ether oxygens (including phenoxy) is 4. The third-order valence-electron chi connectivity index (χ3n) is 3.18. The summed E-state index contributed by atoms with van der Waals surface area (Å²) in [6.07, 6.45) is 0.774. The maximum absolute atomic E-state index is 5.84. The van der Waals surface area contributed by atoms with E-state index in [1.165, 1.54) is 0 Å². The Balaban J connectivity index is 2.87. The van der Waals surface area contributed by atoms with Gasteiger partial charge in [0.2, 0.25) is 5.75 Å². The van der Waals surface area contributed by atoms with E-state index in [-0.39, 0.29) is 5.60 Å². The summed E-state index contributed by atoms with van der Waals surface area (Å²) in [5.41, 5.74) is 0.860. The molecule has 1 aromatic carbocycles. The van der Waals surface area contributed by atoms with E-state index in [0.717, 1.165) is 17.3 Å². The van der Waals surface area contributed by atoms with Crippen LogP contribution < -0.4 is 14.2 Å². The number of hydrogen-bond acceptors (Lipinski definition) is 4. The van der Waals surface area contributed by atoms with Crippen molar-refractivity contribution in [2.75, 3.05) is 27.9 Å². The average Bonchev–Trinajstić information content (AvgIpc) is 2.46. The van der Waals surface area contributed by atoms with E-state index in [1.54, 1.807) is 21.3 Å². The van der Waals surface area contributed by atoms with Crippen molar-refractivity contribution in [2.45, 2.75) is 31.2 Å². The number of methoxy groups -OCH3 is 3. The molecule has 0 unspecified atom stereocenters. The SMILES string of the molecule is COc1cc(CBr)cc(OC)c1OCCC(C)(C)OC. The molecule has 0 radical (unpaired) electrons. The summed E-state index contributed by atoms with van der Waals surface area (Å²) in [5, 5.41) is 0.733. The van der Waals surface area contributed by atoms with Gasteiger partial charge in [0.15, 0.2) is 11.5 Å². The zero-order valence-corrected chi connectivity index (χ0v) is 14.4. The van der Waals surface area contributed by atoms with Gasteiger partial charge in [0, 0.05) is 18.9 Å². The molecule has 4 nitrogen and oxygen atoms in total. The van der Waals surface area contributed by atoms with Crippen LogP contribution >= 0.6 is 15.9 Å². The van der Waals surface area contributed by atoms with Gasteiger partial charge in [-0.25, -0.2) is 0 Å². The first-order chi connectivity index (χ1) is 9.47. The minimum absolute atomic E-state index is 0.212. The highest BCUT2D eigenvalue weighted by Crippen LogP contribution is 2.39. The predicted molar refractivity (Wildman–Crippen MR) is 83.4 cm³/mol. The van der Waals surface area contributed by atoms with Crippen LogP contribution in [0.15, 0.2) is 12.1 Å². The van der Waals surface area contributed by atoms with Crippen molar-refractivity contribution < 1.29 is 18.9 Å². The third kappa shape index (κ3) is 4.56. The highest BCUT2D eigenvalue weighted by Gasteiger charge is 2.18. The van der Waals surface area contributed by atoms with E-state index < -0.39 is 0 Å². The Hall–Kier alpha value is -0.940. The second-order valence-electron chi connectivity index (χ2n) is 5.03. The highest BCUT2D eigenvalue weighted by molar-refractivity contribution is 9.08. The quantitative estimate of drug-likeness (QED) is 0.671. The molecule has 1 rings (SSSR count). The standard InChI is InChI=1S/C15H23BrO4/c1-15(2,19-5)6-7-20-14-12(17-3)8-11(10-16)9-13(14)18-4/h8-9H,6-7,10H2,1-5H3. The molecule has 1 aromatic rings. The fourth-order valence-electron chi connectivity index (χ4n) is 1.65. The van der Waals surface area contributed by atoms with Crippen LogP contribution in [0.3, 0.4) is 0 Å². The fourth-order valence-corrected chi connectivity index (χ4v) is 1.98. The molecule has 0 fully saturated rings. The molecule has 0 aromatic heterocycles. The predicted octanol–water partition coefficient (Wildman–Crippen LogP) is 3.79. The molecule has 0 spiro atoms. The Kier molecular flexibility index (Phi) is 6.62. The molecule has 0 aliphatic carbocycles. The molecule has 114 valence electrons. The van der Waals surface area contributed by atoms with Gasteiger partial charge in [0.25, 0.3) is 0 Å². The van der Waals surface area contributed by atoms with Crippen LogP contribution in [0.4, 0.5) is 0 Å². The van der Waals surface area contributed by atoms with E-state index in [0.29, 0.717) is 23.9 Å². The topological polar surface area (TPSA) is 36.9 Å². The first-order valence-corrected chi connectivity index (χ1v) is 7.58. The third-order valence-corrected chi connectivity index (χ3v) is 3.83. The zero-order chi connectivity index (χ0) is 15.2. The van der Waals surface area contributed by atoms with E-state index in [9.17, 15) is 0 Å². The van der Waals surface area contributed by atoms with E-state index in [2.05, 4.69) is 15.9 Å². The molecule has 5 heteroatoms. The summed E-state index contributed by atoms with van der Waals surface area (Å²) in [5.74, 6) is 1.98. The number of rotatable bonds is 8. The van der Waals surface area contributed by atoms with Gasteiger partial charge in [-0.2, -0.15) is 0 Å². The van der Waals surface area contributed by atoms with Crippen LogP contribution in [-0.2, 0) is 10.1 Å². The second-order valence-corrected chi connectivity index (χ2v) is 5.59. The first-order valence-electron chi connectivity index (χ1n) is 6.46. The van der Waals surface area contributed by atoms with Crippen LogP contribution in [0.25, 0.3) is 0 Å². The lowest BCUT2D eigenvalue weighted by atomic mass is 10.1. The van der Waals surface area contributed by atoms with Gasteiger partial charge in [0.05, 0.1) is 26.4 Å². The molecule has 0 bridgehead atoms. The van der Waals surface area contributed by atoms with E-state index in [4.69, 9.17) is 18.9 Å². The Labute approximate surface area is 129 Å². The largest absolute Gasteiger partial charge is 0.493 e. The molecule has 0 aliphatic rings. The van der Waals surface area contributed by atoms with Crippen molar-refractivity contribution in [2.24, 2.45) is 0 Å². The summed E-state index contributed by atoms with van der Waals surface area (Å²) in [7, 11) is 4.95. The Morgan fingerprint density at radius 2 is 1.60 bits per heavy atom. The maximum Gasteiger partial charge on any atom is 0.203 e. The Morgan fingerprint density at radius 3 is 2.00 bits per heavy atom. The normalized spacial score (nSPS) is 11.3. The van der Waals surface area contributed by atoms with Crippen molar-refractivity contribution in [3.8, 4) is 17.2 Å². The van der Waals surface area contributed by atoms with Gasteiger partial charge in [-0.1, -0.05) is 15.9 Å². The van der Waals surface area contributed by atoms with Gasteiger partial charge in [-0.3, -0.25) is 0 Å². The number of benzene rings is 1.